The van der Waals surface area contributed by atoms with Crippen LogP contribution in [0.25, 0.3) is 16.9 Å². The molecule has 4 fully saturated rings. The molecule has 3 aliphatic heterocycles. The number of hydrogen-bond donors (Lipinski definition) is 2. The maximum absolute atomic E-state index is 13.5. The highest BCUT2D eigenvalue weighted by Crippen LogP contribution is 2.63. The Hall–Kier alpha value is -4.02. The van der Waals surface area contributed by atoms with Gasteiger partial charge in [-0.25, -0.2) is 19.3 Å². The third-order valence-electron chi connectivity index (χ3n) is 10.6. The molecule has 1 aromatic carbocycles. The lowest BCUT2D eigenvalue weighted by Crippen LogP contribution is -2.68. The summed E-state index contributed by atoms with van der Waals surface area (Å²) >= 11 is 0. The molecule has 6 heterocycles. The molecule has 3 aromatic heterocycles. The van der Waals surface area contributed by atoms with Gasteiger partial charge in [-0.05, 0) is 81.5 Å². The van der Waals surface area contributed by atoms with Gasteiger partial charge in [0.2, 0.25) is 5.95 Å². The highest BCUT2D eigenvalue weighted by molar-refractivity contribution is 5.77. The molecule has 3 atom stereocenters. The number of anilines is 3. The molecule has 43 heavy (non-hydrogen) atoms. The Balaban J connectivity index is 1.12. The molecule has 5 aliphatic rings. The molecule has 4 aromatic rings. The number of aromatic nitrogens is 5. The highest BCUT2D eigenvalue weighted by Gasteiger charge is 2.59. The lowest BCUT2D eigenvalue weighted by Gasteiger charge is -2.56. The van der Waals surface area contributed by atoms with E-state index in [2.05, 4.69) is 57.9 Å². The van der Waals surface area contributed by atoms with Gasteiger partial charge in [-0.2, -0.15) is 4.98 Å². The number of hydrogen-bond acceptors (Lipinski definition) is 8. The number of rotatable bonds is 7. The van der Waals surface area contributed by atoms with Crippen LogP contribution in [0.2, 0.25) is 0 Å². The van der Waals surface area contributed by atoms with E-state index in [1.54, 1.807) is 21.6 Å². The van der Waals surface area contributed by atoms with E-state index in [0.717, 1.165) is 56.6 Å². The first-order valence-corrected chi connectivity index (χ1v) is 15.5. The summed E-state index contributed by atoms with van der Waals surface area (Å²) in [7, 11) is 0. The Morgan fingerprint density at radius 1 is 1.09 bits per heavy atom. The fourth-order valence-corrected chi connectivity index (χ4v) is 7.88. The lowest BCUT2D eigenvalue weighted by molar-refractivity contribution is -0.0371. The molecule has 2 aliphatic carbocycles. The fraction of sp³-hybridized carbons (Fsp3) is 0.455. The summed E-state index contributed by atoms with van der Waals surface area (Å²) in [5, 5.41) is 15.4. The zero-order chi connectivity index (χ0) is 29.5. The number of aliphatic hydroxyl groups is 1. The first kappa shape index (κ1) is 26.6. The number of piperidine rings is 1. The summed E-state index contributed by atoms with van der Waals surface area (Å²) in [6.07, 6.45) is 8.47. The van der Waals surface area contributed by atoms with Crippen molar-refractivity contribution in [2.45, 2.75) is 70.2 Å². The second kappa shape index (κ2) is 9.49. The van der Waals surface area contributed by atoms with Crippen LogP contribution in [-0.4, -0.2) is 66.0 Å². The number of piperazine rings is 1. The van der Waals surface area contributed by atoms with Crippen molar-refractivity contribution >= 4 is 28.4 Å². The van der Waals surface area contributed by atoms with E-state index >= 15 is 0 Å². The third kappa shape index (κ3) is 3.99. The van der Waals surface area contributed by atoms with Gasteiger partial charge in [-0.15, -0.1) is 6.58 Å². The molecule has 222 valence electrons. The van der Waals surface area contributed by atoms with Crippen LogP contribution >= 0.6 is 0 Å². The number of likely N-dealkylation sites (N-methyl/N-ethyl adjacent to an activating group) is 1. The smallest absolute Gasteiger partial charge is 0.278 e. The van der Waals surface area contributed by atoms with Crippen molar-refractivity contribution in [2.24, 2.45) is 5.41 Å². The Morgan fingerprint density at radius 2 is 1.86 bits per heavy atom. The van der Waals surface area contributed by atoms with Crippen molar-refractivity contribution < 1.29 is 5.11 Å². The topological polar surface area (TPSA) is 104 Å². The molecule has 2 N–H and O–H groups in total. The van der Waals surface area contributed by atoms with Crippen LogP contribution in [0.4, 0.5) is 17.3 Å². The van der Waals surface area contributed by atoms with Crippen LogP contribution in [0, 0.1) is 5.41 Å². The minimum Gasteiger partial charge on any atom is -0.383 e. The number of pyridine rings is 1. The van der Waals surface area contributed by atoms with Crippen molar-refractivity contribution in [3.8, 4) is 5.82 Å². The largest absolute Gasteiger partial charge is 0.383 e. The molecule has 2 bridgehead atoms. The van der Waals surface area contributed by atoms with Crippen molar-refractivity contribution in [3.05, 3.63) is 76.9 Å². The molecular weight excluding hydrogens is 540 g/mol. The van der Waals surface area contributed by atoms with E-state index < -0.39 is 5.60 Å². The number of aryl methyl sites for hydroxylation is 1. The Morgan fingerprint density at radius 3 is 2.56 bits per heavy atom. The Bertz CT molecular complexity index is 1790. The van der Waals surface area contributed by atoms with Gasteiger partial charge >= 0.3 is 0 Å². The standard InChI is InChI=1S/C33H38N8O2/c1-4-16-40-30(42)26-18-34-31(35-22-7-9-23(10-8-22)38-19-24-17-25(20-38)39(24)5-2)37-29(26)41(40)27-11-6-21-12-13-33(14-15-33)32(3,43)28(21)36-27/h4,6-11,18,24-25,43H,1,5,12-17,19-20H2,2-3H3,(H,34,35,37)/t24?,25?,32-/m1/s1. The molecule has 0 amide bonds. The summed E-state index contributed by atoms with van der Waals surface area (Å²) in [4.78, 5) is 32.9. The molecule has 10 heteroatoms. The summed E-state index contributed by atoms with van der Waals surface area (Å²) in [5.41, 5.74) is 3.00. The van der Waals surface area contributed by atoms with E-state index in [-0.39, 0.29) is 17.5 Å². The molecule has 2 unspecified atom stereocenters. The predicted molar refractivity (Wildman–Crippen MR) is 167 cm³/mol. The van der Waals surface area contributed by atoms with Gasteiger partial charge in [0.15, 0.2) is 11.5 Å². The summed E-state index contributed by atoms with van der Waals surface area (Å²) in [6, 6.07) is 13.7. The zero-order valence-electron chi connectivity index (χ0n) is 24.8. The number of allylic oxidation sites excluding steroid dienone is 1. The Kier molecular flexibility index (Phi) is 5.87. The van der Waals surface area contributed by atoms with Crippen LogP contribution < -0.4 is 15.8 Å². The fourth-order valence-electron chi connectivity index (χ4n) is 7.88. The van der Waals surface area contributed by atoms with Crippen LogP contribution in [0.3, 0.4) is 0 Å². The number of nitrogens with zero attached hydrogens (tertiary/aromatic N) is 7. The number of benzene rings is 1. The average molecular weight is 579 g/mol. The van der Waals surface area contributed by atoms with Gasteiger partial charge in [-0.1, -0.05) is 19.1 Å². The van der Waals surface area contributed by atoms with Crippen LogP contribution in [0.1, 0.15) is 50.8 Å². The van der Waals surface area contributed by atoms with E-state index in [1.807, 2.05) is 19.1 Å². The van der Waals surface area contributed by atoms with Gasteiger partial charge in [0, 0.05) is 48.2 Å². The van der Waals surface area contributed by atoms with E-state index in [4.69, 9.17) is 9.97 Å². The number of nitrogens with one attached hydrogen (secondary N) is 1. The minimum absolute atomic E-state index is 0.0930. The first-order valence-electron chi connectivity index (χ1n) is 15.5. The quantitative estimate of drug-likeness (QED) is 0.316. The maximum Gasteiger partial charge on any atom is 0.278 e. The van der Waals surface area contributed by atoms with E-state index in [0.29, 0.717) is 40.6 Å². The molecular formula is C33H38N8O2. The normalized spacial score (nSPS) is 25.4. The minimum atomic E-state index is -1.01. The van der Waals surface area contributed by atoms with E-state index in [9.17, 15) is 9.90 Å². The molecule has 9 rings (SSSR count). The zero-order valence-corrected chi connectivity index (χ0v) is 24.8. The second-order valence-electron chi connectivity index (χ2n) is 12.9. The van der Waals surface area contributed by atoms with Crippen LogP contribution in [0.5, 0.6) is 0 Å². The van der Waals surface area contributed by atoms with Gasteiger partial charge in [0.25, 0.3) is 5.56 Å². The molecule has 0 radical (unpaired) electrons. The monoisotopic (exact) mass is 578 g/mol. The van der Waals surface area contributed by atoms with Gasteiger partial charge in [0.05, 0.1) is 12.2 Å². The lowest BCUT2D eigenvalue weighted by atomic mass is 9.72. The average Bonchev–Trinajstić information content (AvgIpc) is 3.76. The highest BCUT2D eigenvalue weighted by atomic mass is 16.3. The summed E-state index contributed by atoms with van der Waals surface area (Å²) < 4.78 is 3.31. The van der Waals surface area contributed by atoms with Crippen molar-refractivity contribution in [2.75, 3.05) is 29.9 Å². The molecule has 1 spiro atoms. The molecule has 10 nitrogen and oxygen atoms in total. The van der Waals surface area contributed by atoms with Gasteiger partial charge in [-0.3, -0.25) is 9.69 Å². The van der Waals surface area contributed by atoms with Crippen molar-refractivity contribution in [1.82, 2.24) is 29.2 Å². The van der Waals surface area contributed by atoms with Crippen molar-refractivity contribution in [1.29, 1.82) is 0 Å². The summed E-state index contributed by atoms with van der Waals surface area (Å²) in [6.45, 7) is 11.6. The van der Waals surface area contributed by atoms with Crippen molar-refractivity contribution in [3.63, 3.8) is 0 Å². The van der Waals surface area contributed by atoms with Crippen LogP contribution in [-0.2, 0) is 18.6 Å². The van der Waals surface area contributed by atoms with Gasteiger partial charge < -0.3 is 15.3 Å². The summed E-state index contributed by atoms with van der Waals surface area (Å²) in [5.74, 6) is 0.936. The maximum atomic E-state index is 13.5. The third-order valence-corrected chi connectivity index (χ3v) is 10.6. The molecule has 1 saturated carbocycles. The Labute approximate surface area is 250 Å². The number of fused-ring (bicyclic) bond motifs is 4. The first-order chi connectivity index (χ1) is 20.8. The van der Waals surface area contributed by atoms with Gasteiger partial charge in [0.1, 0.15) is 11.0 Å². The predicted octanol–water partition coefficient (Wildman–Crippen LogP) is 4.12. The second-order valence-corrected chi connectivity index (χ2v) is 12.9. The SMILES string of the molecule is C=CCn1c(=O)c2cnc(Nc3ccc(N4CC5CC(C4)N5CC)cc3)nc2n1-c1ccc2c(n1)[C@@](C)(O)C1(CC2)CC1. The molecule has 3 saturated heterocycles. The van der Waals surface area contributed by atoms with Crippen LogP contribution in [0.15, 0.2) is 60.0 Å². The van der Waals surface area contributed by atoms with E-state index in [1.165, 1.54) is 12.1 Å².